The number of fused-ring (bicyclic) bond motifs is 1. The van der Waals surface area contributed by atoms with Crippen molar-refractivity contribution in [3.05, 3.63) is 48.0 Å². The van der Waals surface area contributed by atoms with Crippen LogP contribution in [0.5, 0.6) is 0 Å². The molecule has 0 radical (unpaired) electrons. The molecule has 33 heavy (non-hydrogen) atoms. The number of nitrogens with zero attached hydrogens (tertiary/aromatic N) is 1. The molecule has 0 bridgehead atoms. The van der Waals surface area contributed by atoms with Crippen molar-refractivity contribution >= 4 is 22.7 Å². The van der Waals surface area contributed by atoms with Crippen molar-refractivity contribution in [2.24, 2.45) is 5.92 Å². The highest BCUT2D eigenvalue weighted by atomic mass is 16.5. The molecule has 7 nitrogen and oxygen atoms in total. The number of likely N-dealkylation sites (tertiary alicyclic amines) is 1. The molecule has 2 fully saturated rings. The molecule has 2 saturated heterocycles. The average molecular weight is 456 g/mol. The lowest BCUT2D eigenvalue weighted by atomic mass is 9.91. The highest BCUT2D eigenvalue weighted by Gasteiger charge is 2.22. The maximum absolute atomic E-state index is 8.93. The smallest absolute Gasteiger partial charge is 0.0870 e. The molecule has 2 aliphatic heterocycles. The van der Waals surface area contributed by atoms with E-state index in [9.17, 15) is 0 Å². The van der Waals surface area contributed by atoms with Gasteiger partial charge in [-0.05, 0) is 73.9 Å². The van der Waals surface area contributed by atoms with Gasteiger partial charge in [0.2, 0.25) is 0 Å². The van der Waals surface area contributed by atoms with Crippen LogP contribution in [-0.2, 0) is 25.5 Å². The second-order valence-corrected chi connectivity index (χ2v) is 8.78. The van der Waals surface area contributed by atoms with Crippen molar-refractivity contribution in [1.29, 1.82) is 0 Å². The molecule has 2 unspecified atom stereocenters. The summed E-state index contributed by atoms with van der Waals surface area (Å²) in [5, 5.41) is 20.6. The quantitative estimate of drug-likeness (QED) is 0.413. The van der Waals surface area contributed by atoms with E-state index in [1.807, 2.05) is 0 Å². The number of carboxylic acid groups (broad SMARTS) is 2. The summed E-state index contributed by atoms with van der Waals surface area (Å²) in [7, 11) is 0. The van der Waals surface area contributed by atoms with Crippen LogP contribution in [0.15, 0.2) is 42.5 Å². The van der Waals surface area contributed by atoms with Gasteiger partial charge in [-0.15, -0.1) is 0 Å². The zero-order valence-corrected chi connectivity index (χ0v) is 19.1. The lowest BCUT2D eigenvalue weighted by molar-refractivity contribution is -0.345. The van der Waals surface area contributed by atoms with E-state index >= 15 is 0 Å². The fourth-order valence-corrected chi connectivity index (χ4v) is 4.64. The van der Waals surface area contributed by atoms with Crippen LogP contribution in [0.4, 0.5) is 0 Å². The first kappa shape index (κ1) is 25.1. The van der Waals surface area contributed by atoms with Crippen molar-refractivity contribution in [3.8, 4) is 0 Å². The zero-order chi connectivity index (χ0) is 23.5. The number of carbonyl (C=O) groups is 2. The lowest BCUT2D eigenvalue weighted by Crippen LogP contribution is -2.42. The maximum atomic E-state index is 8.93. The highest BCUT2D eigenvalue weighted by Crippen LogP contribution is 2.26. The summed E-state index contributed by atoms with van der Waals surface area (Å²) in [5.41, 5.74) is 1.44. The number of carboxylic acids is 2. The number of rotatable bonds is 9. The van der Waals surface area contributed by atoms with E-state index < -0.39 is 11.9 Å². The Hall–Kier alpha value is -2.48. The van der Waals surface area contributed by atoms with E-state index in [2.05, 4.69) is 47.4 Å². The van der Waals surface area contributed by atoms with Gasteiger partial charge in [0.15, 0.2) is 0 Å². The predicted molar refractivity (Wildman–Crippen MR) is 121 cm³/mol. The lowest BCUT2D eigenvalue weighted by Gasteiger charge is -2.22. The monoisotopic (exact) mass is 455 g/mol. The fraction of sp³-hybridized carbons (Fsp3) is 0.538. The van der Waals surface area contributed by atoms with E-state index in [4.69, 9.17) is 29.3 Å². The Morgan fingerprint density at radius 3 is 2.45 bits per heavy atom. The van der Waals surface area contributed by atoms with Gasteiger partial charge in [-0.1, -0.05) is 42.5 Å². The summed E-state index contributed by atoms with van der Waals surface area (Å²) < 4.78 is 12.1. The van der Waals surface area contributed by atoms with Gasteiger partial charge in [-0.2, -0.15) is 0 Å². The number of aliphatic carboxylic acids is 2. The summed E-state index contributed by atoms with van der Waals surface area (Å²) in [6, 6.07) is 15.4. The molecule has 0 spiro atoms. The zero-order valence-electron chi connectivity index (χ0n) is 19.1. The molecule has 2 aromatic rings. The predicted octanol–water partition coefficient (Wildman–Crippen LogP) is 1.17. The SMILES string of the molecule is O=C([O-])C(=O)[O-].c1ccc2c(CC(COCCN3CCCC3)CC3CCCO3)cccc2c1. The first-order valence-corrected chi connectivity index (χ1v) is 11.8. The van der Waals surface area contributed by atoms with E-state index in [0.29, 0.717) is 12.0 Å². The molecule has 0 amide bonds. The highest BCUT2D eigenvalue weighted by molar-refractivity contribution is 6.25. The van der Waals surface area contributed by atoms with E-state index in [-0.39, 0.29) is 0 Å². The van der Waals surface area contributed by atoms with Gasteiger partial charge >= 0.3 is 0 Å². The topological polar surface area (TPSA) is 102 Å². The summed E-state index contributed by atoms with van der Waals surface area (Å²) in [6.45, 7) is 6.22. The van der Waals surface area contributed by atoms with Crippen LogP contribution in [0.2, 0.25) is 0 Å². The van der Waals surface area contributed by atoms with Crippen LogP contribution in [0.3, 0.4) is 0 Å². The number of carbonyl (C=O) groups excluding carboxylic acids is 2. The van der Waals surface area contributed by atoms with Gasteiger partial charge in [-0.25, -0.2) is 0 Å². The number of hydrogen-bond donors (Lipinski definition) is 0. The third-order valence-electron chi connectivity index (χ3n) is 6.28. The van der Waals surface area contributed by atoms with Gasteiger partial charge in [0.25, 0.3) is 0 Å². The second kappa shape index (κ2) is 13.3. The van der Waals surface area contributed by atoms with Crippen molar-refractivity contribution in [3.63, 3.8) is 0 Å². The average Bonchev–Trinajstić information content (AvgIpc) is 3.52. The molecule has 2 aliphatic rings. The molecule has 7 heteroatoms. The number of ether oxygens (including phenoxy) is 2. The van der Waals surface area contributed by atoms with Crippen molar-refractivity contribution in [2.75, 3.05) is 39.5 Å². The molecule has 2 heterocycles. The molecule has 180 valence electrons. The second-order valence-electron chi connectivity index (χ2n) is 8.78. The normalized spacial score (nSPS) is 19.2. The Balaban J connectivity index is 0.000000454. The molecule has 0 N–H and O–H groups in total. The van der Waals surface area contributed by atoms with Crippen molar-refractivity contribution < 1.29 is 29.3 Å². The Morgan fingerprint density at radius 2 is 1.76 bits per heavy atom. The van der Waals surface area contributed by atoms with Gasteiger partial charge in [0, 0.05) is 19.8 Å². The Labute approximate surface area is 195 Å². The maximum Gasteiger partial charge on any atom is 0.0870 e. The molecule has 2 aromatic carbocycles. The molecule has 0 saturated carbocycles. The van der Waals surface area contributed by atoms with Gasteiger partial charge in [-0.3, -0.25) is 0 Å². The van der Waals surface area contributed by atoms with E-state index in [1.54, 1.807) is 0 Å². The Kier molecular flexibility index (Phi) is 10.1. The number of hydrogen-bond acceptors (Lipinski definition) is 7. The van der Waals surface area contributed by atoms with Crippen LogP contribution in [0.1, 0.15) is 37.7 Å². The molecular formula is C26H33NO6-2. The van der Waals surface area contributed by atoms with Crippen LogP contribution in [0.25, 0.3) is 10.8 Å². The van der Waals surface area contributed by atoms with Crippen LogP contribution in [-0.4, -0.2) is 62.4 Å². The molecule has 2 atom stereocenters. The number of benzene rings is 2. The Bertz CT molecular complexity index is 872. The fourth-order valence-electron chi connectivity index (χ4n) is 4.64. The first-order valence-electron chi connectivity index (χ1n) is 11.8. The first-order chi connectivity index (χ1) is 16.0. The summed E-state index contributed by atoms with van der Waals surface area (Å²) in [5.74, 6) is -3.84. The molecule has 4 rings (SSSR count). The molecule has 0 aromatic heterocycles. The van der Waals surface area contributed by atoms with E-state index in [0.717, 1.165) is 39.2 Å². The Morgan fingerprint density at radius 1 is 1.03 bits per heavy atom. The third-order valence-corrected chi connectivity index (χ3v) is 6.28. The minimum absolute atomic E-state index is 0.423. The van der Waals surface area contributed by atoms with Crippen LogP contribution < -0.4 is 10.2 Å². The minimum Gasteiger partial charge on any atom is -0.543 e. The summed E-state index contributed by atoms with van der Waals surface area (Å²) in [6.07, 6.45) is 7.73. The molecule has 0 aliphatic carbocycles. The summed E-state index contributed by atoms with van der Waals surface area (Å²) in [4.78, 5) is 20.4. The largest absolute Gasteiger partial charge is 0.543 e. The van der Waals surface area contributed by atoms with Gasteiger partial charge in [0.1, 0.15) is 0 Å². The van der Waals surface area contributed by atoms with Crippen molar-refractivity contribution in [1.82, 2.24) is 4.90 Å². The van der Waals surface area contributed by atoms with Gasteiger partial charge in [0.05, 0.1) is 24.6 Å². The summed E-state index contributed by atoms with van der Waals surface area (Å²) >= 11 is 0. The standard InChI is InChI=1S/C24H33NO2.C2H2O4/c1-2-11-24-21(7-1)8-5-9-22(24)17-20(18-23-10-6-15-27-23)19-26-16-14-25-12-3-4-13-25;3-1(4)2(5)6/h1-2,5,7-9,11,20,23H,3-4,6,10,12-19H2;(H,3,4)(H,5,6)/p-2. The van der Waals surface area contributed by atoms with Crippen LogP contribution in [0, 0.1) is 5.92 Å². The molecular weight excluding hydrogens is 422 g/mol. The minimum atomic E-state index is -2.19. The third kappa shape index (κ3) is 8.42. The van der Waals surface area contributed by atoms with Gasteiger partial charge < -0.3 is 34.2 Å². The van der Waals surface area contributed by atoms with E-state index in [1.165, 1.54) is 55.1 Å². The van der Waals surface area contributed by atoms with Crippen molar-refractivity contribution in [2.45, 2.75) is 44.6 Å². The van der Waals surface area contributed by atoms with Crippen LogP contribution >= 0.6 is 0 Å².